The van der Waals surface area contributed by atoms with Gasteiger partial charge in [-0.15, -0.1) is 11.3 Å². The number of Topliss-reactive ketones (excluding diaryl/α,β-unsaturated/α-hetero) is 1. The Balaban J connectivity index is 0.00000484. The van der Waals surface area contributed by atoms with E-state index in [1.54, 1.807) is 36.4 Å². The monoisotopic (exact) mass is 616 g/mol. The number of aromatic nitrogens is 2. The summed E-state index contributed by atoms with van der Waals surface area (Å²) in [6.07, 6.45) is -0.509. The van der Waals surface area contributed by atoms with Crippen molar-refractivity contribution in [1.29, 1.82) is 0 Å². The van der Waals surface area contributed by atoms with Crippen LogP contribution in [0.3, 0.4) is 0 Å². The number of carbonyl (C=O) groups is 2. The zero-order valence-corrected chi connectivity index (χ0v) is 28.8. The van der Waals surface area contributed by atoms with Crippen LogP contribution in [0.25, 0.3) is 16.6 Å². The molecule has 4 aromatic rings. The Morgan fingerprint density at radius 1 is 0.857 bits per heavy atom. The Kier molecular flexibility index (Phi) is 11.7. The van der Waals surface area contributed by atoms with Gasteiger partial charge in [0.2, 0.25) is 5.75 Å². The normalized spacial score (nSPS) is 12.0. The number of carboxylic acids is 1. The van der Waals surface area contributed by atoms with Crippen LogP contribution in [-0.4, -0.2) is 38.8 Å². The van der Waals surface area contributed by atoms with E-state index >= 15 is 0 Å². The number of ketones is 1. The first-order valence-corrected chi connectivity index (χ1v) is 15.0. The fourth-order valence-electron chi connectivity index (χ4n) is 4.31. The smallest absolute Gasteiger partial charge is 0.545 e. The molecule has 42 heavy (non-hydrogen) atoms. The number of allylic oxidation sites excluding steroid dienone is 1. The summed E-state index contributed by atoms with van der Waals surface area (Å²) in [5.74, 6) is -0.491. The van der Waals surface area contributed by atoms with Gasteiger partial charge in [-0.3, -0.25) is 4.79 Å². The first kappa shape index (κ1) is 33.7. The van der Waals surface area contributed by atoms with E-state index in [2.05, 4.69) is 8.75 Å². The van der Waals surface area contributed by atoms with Crippen molar-refractivity contribution in [3.63, 3.8) is 0 Å². The Morgan fingerprint density at radius 3 is 1.98 bits per heavy atom. The number of rotatable bonds is 12. The summed E-state index contributed by atoms with van der Waals surface area (Å²) < 4.78 is 26.8. The minimum atomic E-state index is -1.46. The molecule has 11 heteroatoms. The predicted molar refractivity (Wildman–Crippen MR) is 160 cm³/mol. The van der Waals surface area contributed by atoms with E-state index in [4.69, 9.17) is 14.2 Å². The van der Waals surface area contributed by atoms with Gasteiger partial charge in [0, 0.05) is 17.6 Å². The molecule has 0 saturated carbocycles. The molecule has 2 aromatic carbocycles. The molecule has 0 amide bonds. The van der Waals surface area contributed by atoms with Gasteiger partial charge in [-0.1, -0.05) is 6.07 Å². The molecule has 216 valence electrons. The number of aryl methyl sites for hydroxylation is 1. The van der Waals surface area contributed by atoms with Crippen LogP contribution in [0.1, 0.15) is 67.9 Å². The largest absolute Gasteiger partial charge is 1.00 e. The summed E-state index contributed by atoms with van der Waals surface area (Å²) in [7, 11) is 0. The van der Waals surface area contributed by atoms with Crippen molar-refractivity contribution in [2.75, 3.05) is 0 Å². The van der Waals surface area contributed by atoms with Crippen molar-refractivity contribution in [1.82, 2.24) is 8.75 Å². The molecule has 2 aromatic heterocycles. The number of thiophene rings is 1. The van der Waals surface area contributed by atoms with E-state index < -0.39 is 5.97 Å². The van der Waals surface area contributed by atoms with Crippen LogP contribution in [0.4, 0.5) is 0 Å². The topological polar surface area (TPSA) is 111 Å². The summed E-state index contributed by atoms with van der Waals surface area (Å²) in [6, 6.07) is 10.2. The van der Waals surface area contributed by atoms with Crippen molar-refractivity contribution in [3.8, 4) is 17.2 Å². The molecule has 0 aliphatic carbocycles. The molecule has 0 fully saturated rings. The Bertz CT molecular complexity index is 1570. The summed E-state index contributed by atoms with van der Waals surface area (Å²) in [5.41, 5.74) is 2.93. The van der Waals surface area contributed by atoms with E-state index in [1.165, 1.54) is 11.3 Å². The summed E-state index contributed by atoms with van der Waals surface area (Å²) in [4.78, 5) is 27.1. The van der Waals surface area contributed by atoms with E-state index in [9.17, 15) is 14.7 Å². The second kappa shape index (κ2) is 14.6. The van der Waals surface area contributed by atoms with Gasteiger partial charge >= 0.3 is 29.6 Å². The summed E-state index contributed by atoms with van der Waals surface area (Å²) >= 11 is 2.30. The van der Waals surface area contributed by atoms with Crippen LogP contribution in [0.5, 0.6) is 17.2 Å². The molecule has 0 aliphatic heterocycles. The number of carboxylic acid groups (broad SMARTS) is 1. The minimum absolute atomic E-state index is 0. The van der Waals surface area contributed by atoms with E-state index in [1.807, 2.05) is 53.8 Å². The van der Waals surface area contributed by atoms with Crippen LogP contribution >= 0.6 is 23.1 Å². The molecule has 0 saturated heterocycles. The number of hydrogen-bond donors (Lipinski definition) is 0. The third-order valence-electron chi connectivity index (χ3n) is 5.82. The molecular weight excluding hydrogens is 583 g/mol. The standard InChI is InChI=1S/C31H34N2O6S2.Na/c1-16(2)37-25-12-20(13-26(38-17(3)4)30(25)39-18(5)6)11-22(29(34)27-10-19(7)15-40-27)28(31(35)36)21-8-9-23-24(14-21)33-41-32-23;/h8-10,12-18H,11H2,1-7H3,(H,35,36);/q;+1/p-1. The number of nitrogens with zero attached hydrogens (tertiary/aromatic N) is 2. The quantitative estimate of drug-likeness (QED) is 0.136. The maximum absolute atomic E-state index is 14.0. The molecule has 2 heterocycles. The fraction of sp³-hybridized carbons (Fsp3) is 0.355. The molecule has 0 radical (unpaired) electrons. The zero-order valence-electron chi connectivity index (χ0n) is 25.1. The van der Waals surface area contributed by atoms with Gasteiger partial charge in [-0.2, -0.15) is 8.75 Å². The van der Waals surface area contributed by atoms with E-state index in [-0.39, 0.29) is 71.2 Å². The molecule has 0 spiro atoms. The number of hydrogen-bond acceptors (Lipinski definition) is 10. The van der Waals surface area contributed by atoms with Crippen LogP contribution in [0.15, 0.2) is 47.4 Å². The maximum Gasteiger partial charge on any atom is 1.00 e. The predicted octanol–water partition coefficient (Wildman–Crippen LogP) is 3.06. The van der Waals surface area contributed by atoms with Crippen LogP contribution in [0.2, 0.25) is 0 Å². The van der Waals surface area contributed by atoms with Gasteiger partial charge in [0.1, 0.15) is 11.0 Å². The van der Waals surface area contributed by atoms with Crippen LogP contribution in [-0.2, 0) is 11.2 Å². The molecule has 0 atom stereocenters. The van der Waals surface area contributed by atoms with Crippen molar-refractivity contribution in [2.24, 2.45) is 0 Å². The van der Waals surface area contributed by atoms with Crippen LogP contribution in [0, 0.1) is 6.92 Å². The van der Waals surface area contributed by atoms with Gasteiger partial charge in [0.15, 0.2) is 17.3 Å². The maximum atomic E-state index is 14.0. The fourth-order valence-corrected chi connectivity index (χ4v) is 5.69. The molecule has 0 bridgehead atoms. The number of ether oxygens (including phenoxy) is 3. The SMILES string of the molecule is Cc1csc(C(=O)C(Cc2cc(OC(C)C)c(OC(C)C)c(OC(C)C)c2)=C(C(=O)[O-])c2ccc3nsnc3c2)c1.[Na+]. The Hall–Kier alpha value is -2.76. The van der Waals surface area contributed by atoms with Crippen molar-refractivity contribution in [2.45, 2.75) is 73.2 Å². The van der Waals surface area contributed by atoms with E-state index in [0.717, 1.165) is 17.3 Å². The number of aliphatic carboxylic acids is 1. The Morgan fingerprint density at radius 2 is 1.45 bits per heavy atom. The van der Waals surface area contributed by atoms with Gasteiger partial charge in [0.05, 0.1) is 40.9 Å². The minimum Gasteiger partial charge on any atom is -0.545 e. The summed E-state index contributed by atoms with van der Waals surface area (Å²) in [6.45, 7) is 13.3. The van der Waals surface area contributed by atoms with Crippen molar-refractivity contribution in [3.05, 3.63) is 68.9 Å². The number of fused-ring (bicyclic) bond motifs is 1. The number of carbonyl (C=O) groups excluding carboxylic acids is 2. The van der Waals surface area contributed by atoms with Gasteiger partial charge in [0.25, 0.3) is 0 Å². The van der Waals surface area contributed by atoms with Gasteiger partial charge in [-0.05, 0) is 101 Å². The van der Waals surface area contributed by atoms with Crippen molar-refractivity contribution >= 4 is 51.4 Å². The molecular formula is C31H33N2NaO6S2. The molecule has 4 rings (SSSR count). The first-order chi connectivity index (χ1) is 19.4. The average molecular weight is 617 g/mol. The summed E-state index contributed by atoms with van der Waals surface area (Å²) in [5, 5.41) is 14.6. The van der Waals surface area contributed by atoms with Crippen LogP contribution < -0.4 is 48.9 Å². The molecule has 0 unspecified atom stereocenters. The van der Waals surface area contributed by atoms with Gasteiger partial charge < -0.3 is 24.1 Å². The molecule has 0 N–H and O–H groups in total. The van der Waals surface area contributed by atoms with Crippen molar-refractivity contribution < 1.29 is 58.5 Å². The average Bonchev–Trinajstić information content (AvgIpc) is 3.52. The zero-order chi connectivity index (χ0) is 29.8. The third-order valence-corrected chi connectivity index (χ3v) is 7.42. The molecule has 0 aliphatic rings. The molecule has 8 nitrogen and oxygen atoms in total. The second-order valence-electron chi connectivity index (χ2n) is 10.5. The first-order valence-electron chi connectivity index (χ1n) is 13.4. The second-order valence-corrected chi connectivity index (χ2v) is 12.0. The van der Waals surface area contributed by atoms with Gasteiger partial charge in [-0.25, -0.2) is 0 Å². The van der Waals surface area contributed by atoms with E-state index in [0.29, 0.717) is 44.3 Å². The third kappa shape index (κ3) is 8.20. The number of benzene rings is 2. The Labute approximate surface area is 276 Å².